The lowest BCUT2D eigenvalue weighted by Crippen LogP contribution is -2.49. The summed E-state index contributed by atoms with van der Waals surface area (Å²) < 4.78 is 11.6. The van der Waals surface area contributed by atoms with Gasteiger partial charge >= 0.3 is 0 Å². The van der Waals surface area contributed by atoms with Crippen molar-refractivity contribution in [3.8, 4) is 11.5 Å². The Morgan fingerprint density at radius 1 is 1.00 bits per heavy atom. The molecule has 2 aromatic rings. The first-order chi connectivity index (χ1) is 19.5. The molecule has 1 saturated heterocycles. The predicted molar refractivity (Wildman–Crippen MR) is 164 cm³/mol. The fraction of sp³-hybridized carbons (Fsp3) is 0.606. The molecule has 40 heavy (non-hydrogen) atoms. The van der Waals surface area contributed by atoms with E-state index in [0.717, 1.165) is 68.9 Å². The maximum absolute atomic E-state index is 11.0. The van der Waals surface area contributed by atoms with Crippen molar-refractivity contribution in [2.24, 2.45) is 0 Å². The lowest BCUT2D eigenvalue weighted by atomic mass is 10.0. The molecule has 2 unspecified atom stereocenters. The van der Waals surface area contributed by atoms with E-state index in [1.807, 2.05) is 61.2 Å². The second-order valence-corrected chi connectivity index (χ2v) is 11.1. The van der Waals surface area contributed by atoms with Gasteiger partial charge in [0.15, 0.2) is 17.6 Å². The van der Waals surface area contributed by atoms with Gasteiger partial charge < -0.3 is 29.7 Å². The van der Waals surface area contributed by atoms with Crippen molar-refractivity contribution in [2.45, 2.75) is 90.9 Å². The molecule has 2 aliphatic heterocycles. The summed E-state index contributed by atoms with van der Waals surface area (Å²) in [5.41, 5.74) is 3.40. The number of rotatable bonds is 13. The molecule has 2 aliphatic rings. The molecule has 0 radical (unpaired) electrons. The highest BCUT2D eigenvalue weighted by Gasteiger charge is 2.28. The molecule has 222 valence electrons. The van der Waals surface area contributed by atoms with E-state index in [2.05, 4.69) is 24.1 Å². The second kappa shape index (κ2) is 17.3. The van der Waals surface area contributed by atoms with Crippen LogP contribution in [0.15, 0.2) is 42.5 Å². The van der Waals surface area contributed by atoms with Gasteiger partial charge in [0.2, 0.25) is 6.41 Å². The minimum absolute atomic E-state index is 0.309. The number of piperidine rings is 1. The second-order valence-electron chi connectivity index (χ2n) is 11.1. The smallest absolute Gasteiger partial charge is 0.214 e. The number of fused-ring (bicyclic) bond motifs is 1. The number of amides is 1. The van der Waals surface area contributed by atoms with Gasteiger partial charge in [-0.05, 0) is 82.4 Å². The highest BCUT2D eigenvalue weighted by Crippen LogP contribution is 2.31. The van der Waals surface area contributed by atoms with Crippen LogP contribution in [-0.4, -0.2) is 74.0 Å². The van der Waals surface area contributed by atoms with E-state index in [4.69, 9.17) is 9.47 Å². The first-order valence-corrected chi connectivity index (χ1v) is 15.3. The van der Waals surface area contributed by atoms with Crippen LogP contribution in [0.5, 0.6) is 11.5 Å². The molecule has 0 bridgehead atoms. The Balaban J connectivity index is 0.000000252. The Labute approximate surface area is 241 Å². The van der Waals surface area contributed by atoms with Gasteiger partial charge in [-0.2, -0.15) is 0 Å². The minimum Gasteiger partial charge on any atom is -0.486 e. The van der Waals surface area contributed by atoms with Crippen LogP contribution in [0.4, 0.5) is 5.69 Å². The molecular weight excluding hydrogens is 502 g/mol. The Hall–Kier alpha value is -2.61. The maximum atomic E-state index is 11.0. The van der Waals surface area contributed by atoms with Crippen LogP contribution < -0.4 is 19.7 Å². The van der Waals surface area contributed by atoms with Crippen LogP contribution in [0.2, 0.25) is 0 Å². The van der Waals surface area contributed by atoms with E-state index < -0.39 is 6.10 Å². The molecule has 0 aliphatic carbocycles. The SMILES string of the molecule is CCCCCN1CCC(NCC(O)C2COc3ccccc3O2)CC1.CCCCN(C=O)c1c(C)cccc1C. The van der Waals surface area contributed by atoms with E-state index in [-0.39, 0.29) is 6.10 Å². The highest BCUT2D eigenvalue weighted by molar-refractivity contribution is 5.78. The number of aryl methyl sites for hydroxylation is 2. The first-order valence-electron chi connectivity index (χ1n) is 15.3. The summed E-state index contributed by atoms with van der Waals surface area (Å²) in [6.45, 7) is 13.8. The van der Waals surface area contributed by atoms with Gasteiger partial charge in [-0.3, -0.25) is 4.79 Å². The van der Waals surface area contributed by atoms with Crippen molar-refractivity contribution in [3.05, 3.63) is 53.6 Å². The number of benzene rings is 2. The number of unbranched alkanes of at least 4 members (excludes halogenated alkanes) is 3. The van der Waals surface area contributed by atoms with Crippen molar-refractivity contribution in [1.29, 1.82) is 0 Å². The molecule has 1 amide bonds. The summed E-state index contributed by atoms with van der Waals surface area (Å²) in [5, 5.41) is 14.0. The average Bonchev–Trinajstić information content (AvgIpc) is 2.98. The zero-order valence-corrected chi connectivity index (χ0v) is 25.1. The number of carbonyl (C=O) groups excluding carboxylic acids is 1. The molecule has 2 heterocycles. The summed E-state index contributed by atoms with van der Waals surface area (Å²) in [6.07, 6.45) is 8.46. The van der Waals surface area contributed by atoms with Gasteiger partial charge in [0, 0.05) is 24.8 Å². The summed E-state index contributed by atoms with van der Waals surface area (Å²) in [5.74, 6) is 1.48. The monoisotopic (exact) mass is 553 g/mol. The quantitative estimate of drug-likeness (QED) is 0.252. The number of nitrogens with zero attached hydrogens (tertiary/aromatic N) is 2. The molecule has 2 aromatic carbocycles. The number of aliphatic hydroxyl groups excluding tert-OH is 1. The number of carbonyl (C=O) groups is 1. The molecule has 7 heteroatoms. The number of aliphatic hydroxyl groups is 1. The van der Waals surface area contributed by atoms with Gasteiger partial charge in [-0.1, -0.05) is 63.4 Å². The van der Waals surface area contributed by atoms with Crippen LogP contribution in [0.1, 0.15) is 69.9 Å². The summed E-state index contributed by atoms with van der Waals surface area (Å²) in [6, 6.07) is 14.2. The summed E-state index contributed by atoms with van der Waals surface area (Å²) >= 11 is 0. The van der Waals surface area contributed by atoms with Crippen LogP contribution in [0, 0.1) is 13.8 Å². The van der Waals surface area contributed by atoms with Gasteiger partial charge in [0.25, 0.3) is 0 Å². The Kier molecular flexibility index (Phi) is 13.8. The number of anilines is 1. The third-order valence-corrected chi connectivity index (χ3v) is 7.85. The molecule has 0 saturated carbocycles. The Bertz CT molecular complexity index is 989. The molecule has 2 atom stereocenters. The summed E-state index contributed by atoms with van der Waals surface area (Å²) in [4.78, 5) is 15.4. The fourth-order valence-electron chi connectivity index (χ4n) is 5.39. The highest BCUT2D eigenvalue weighted by atomic mass is 16.6. The standard InChI is InChI=1S/C20H32N2O3.C13H19NO/c1-2-3-6-11-22-12-9-16(10-13-22)21-14-17(23)20-15-24-18-7-4-5-8-19(18)25-20;1-4-5-9-14(10-15)13-11(2)7-6-8-12(13)3/h4-5,7-8,16-17,20-21,23H,2-3,6,9-15H2,1H3;6-8,10H,4-5,9H2,1-3H3. The van der Waals surface area contributed by atoms with Gasteiger partial charge in [-0.15, -0.1) is 0 Å². The van der Waals surface area contributed by atoms with Gasteiger partial charge in [0.1, 0.15) is 12.7 Å². The molecule has 7 nitrogen and oxygen atoms in total. The first kappa shape index (κ1) is 31.9. The number of likely N-dealkylation sites (tertiary alicyclic amines) is 1. The number of nitrogens with one attached hydrogen (secondary N) is 1. The number of para-hydroxylation sites is 3. The van der Waals surface area contributed by atoms with Crippen LogP contribution in [0.25, 0.3) is 0 Å². The molecule has 0 aromatic heterocycles. The van der Waals surface area contributed by atoms with Crippen molar-refractivity contribution in [3.63, 3.8) is 0 Å². The average molecular weight is 554 g/mol. The van der Waals surface area contributed by atoms with E-state index >= 15 is 0 Å². The zero-order valence-electron chi connectivity index (χ0n) is 25.1. The molecule has 4 rings (SSSR count). The van der Waals surface area contributed by atoms with Crippen molar-refractivity contribution in [1.82, 2.24) is 10.2 Å². The van der Waals surface area contributed by atoms with Gasteiger partial charge in [0.05, 0.1) is 0 Å². The van der Waals surface area contributed by atoms with Crippen LogP contribution >= 0.6 is 0 Å². The largest absolute Gasteiger partial charge is 0.486 e. The van der Waals surface area contributed by atoms with Gasteiger partial charge in [-0.25, -0.2) is 0 Å². The lowest BCUT2D eigenvalue weighted by Gasteiger charge is -2.34. The zero-order chi connectivity index (χ0) is 28.7. The lowest BCUT2D eigenvalue weighted by molar-refractivity contribution is -0.107. The minimum atomic E-state index is -0.559. The van der Waals surface area contributed by atoms with Crippen LogP contribution in [-0.2, 0) is 4.79 Å². The van der Waals surface area contributed by atoms with Crippen molar-refractivity contribution < 1.29 is 19.4 Å². The Morgan fingerprint density at radius 3 is 2.33 bits per heavy atom. The van der Waals surface area contributed by atoms with E-state index in [0.29, 0.717) is 19.2 Å². The topological polar surface area (TPSA) is 74.3 Å². The molecule has 0 spiro atoms. The number of hydrogen-bond donors (Lipinski definition) is 2. The summed E-state index contributed by atoms with van der Waals surface area (Å²) in [7, 11) is 0. The maximum Gasteiger partial charge on any atom is 0.214 e. The third kappa shape index (κ3) is 9.79. The van der Waals surface area contributed by atoms with Crippen LogP contribution in [0.3, 0.4) is 0 Å². The predicted octanol–water partition coefficient (Wildman–Crippen LogP) is 5.50. The number of ether oxygens (including phenoxy) is 2. The fourth-order valence-corrected chi connectivity index (χ4v) is 5.39. The van der Waals surface area contributed by atoms with Crippen molar-refractivity contribution >= 4 is 12.1 Å². The van der Waals surface area contributed by atoms with Crippen molar-refractivity contribution in [2.75, 3.05) is 44.2 Å². The molecule has 2 N–H and O–H groups in total. The normalized spacial score (nSPS) is 18.0. The van der Waals surface area contributed by atoms with E-state index in [1.54, 1.807) is 0 Å². The van der Waals surface area contributed by atoms with E-state index in [9.17, 15) is 9.90 Å². The third-order valence-electron chi connectivity index (χ3n) is 7.85. The van der Waals surface area contributed by atoms with E-state index in [1.165, 1.54) is 36.9 Å². The number of hydrogen-bond acceptors (Lipinski definition) is 6. The molecule has 1 fully saturated rings. The Morgan fingerprint density at radius 2 is 1.68 bits per heavy atom. The molecular formula is C33H51N3O4.